The van der Waals surface area contributed by atoms with Crippen LogP contribution in [0.4, 0.5) is 30.2 Å². The minimum atomic E-state index is -4.32. The molecule has 0 fully saturated rings. The lowest BCUT2D eigenvalue weighted by molar-refractivity contribution is -0.120. The Bertz CT molecular complexity index is 540. The number of benzene rings is 1. The Balaban J connectivity index is 2.39. The average molecular weight is 287 g/mol. The number of nitrogens with two attached hydrogens (primary N) is 1. The highest BCUT2D eigenvalue weighted by atomic mass is 19.4. The Morgan fingerprint density at radius 1 is 1.40 bits per heavy atom. The molecule has 1 aromatic carbocycles. The summed E-state index contributed by atoms with van der Waals surface area (Å²) < 4.78 is 38.0. The lowest BCUT2D eigenvalue weighted by atomic mass is 10.1. The van der Waals surface area contributed by atoms with Crippen LogP contribution in [0.2, 0.25) is 0 Å². The molecule has 1 aliphatic rings. The highest BCUT2D eigenvalue weighted by molar-refractivity contribution is 6.00. The van der Waals surface area contributed by atoms with Gasteiger partial charge in [0.25, 0.3) is 0 Å². The predicted molar refractivity (Wildman–Crippen MR) is 71.7 cm³/mol. The summed E-state index contributed by atoms with van der Waals surface area (Å²) in [6, 6.07) is 2.71. The molecule has 3 N–H and O–H groups in total. The number of carbonyl (C=O) groups is 1. The number of alkyl halides is 3. The van der Waals surface area contributed by atoms with Crippen molar-refractivity contribution in [3.63, 3.8) is 0 Å². The first-order valence-electron chi connectivity index (χ1n) is 6.23. The Morgan fingerprint density at radius 3 is 2.60 bits per heavy atom. The van der Waals surface area contributed by atoms with E-state index in [-0.39, 0.29) is 24.1 Å². The molecule has 0 aliphatic carbocycles. The molecule has 1 amide bonds. The van der Waals surface area contributed by atoms with E-state index in [9.17, 15) is 18.0 Å². The van der Waals surface area contributed by atoms with Crippen molar-refractivity contribution >= 4 is 23.0 Å². The van der Waals surface area contributed by atoms with Crippen LogP contribution in [0.1, 0.15) is 19.4 Å². The van der Waals surface area contributed by atoms with Gasteiger partial charge in [0.15, 0.2) is 0 Å². The third kappa shape index (κ3) is 2.97. The molecule has 1 aliphatic heterocycles. The number of nitrogens with zero attached hydrogens (tertiary/aromatic N) is 1. The topological polar surface area (TPSA) is 58.4 Å². The zero-order chi connectivity index (χ0) is 15.1. The van der Waals surface area contributed by atoms with Crippen molar-refractivity contribution < 1.29 is 18.0 Å². The average Bonchev–Trinajstić information content (AvgIpc) is 2.62. The van der Waals surface area contributed by atoms with E-state index in [0.717, 1.165) is 0 Å². The monoisotopic (exact) mass is 287 g/mol. The molecular weight excluding hydrogens is 271 g/mol. The maximum absolute atomic E-state index is 12.7. The molecule has 0 bridgehead atoms. The van der Waals surface area contributed by atoms with Gasteiger partial charge in [-0.05, 0) is 31.5 Å². The fraction of sp³-hybridized carbons (Fsp3) is 0.462. The first-order valence-corrected chi connectivity index (χ1v) is 6.23. The summed E-state index contributed by atoms with van der Waals surface area (Å²) in [4.78, 5) is 12.5. The van der Waals surface area contributed by atoms with Crippen molar-refractivity contribution in [2.45, 2.75) is 32.5 Å². The molecule has 0 radical (unpaired) electrons. The van der Waals surface area contributed by atoms with Crippen molar-refractivity contribution in [1.29, 1.82) is 0 Å². The van der Waals surface area contributed by atoms with Crippen LogP contribution in [0.15, 0.2) is 12.1 Å². The lowest BCUT2D eigenvalue weighted by Crippen LogP contribution is -2.39. The van der Waals surface area contributed by atoms with Gasteiger partial charge in [-0.3, -0.25) is 4.79 Å². The second kappa shape index (κ2) is 4.88. The molecule has 2 rings (SSSR count). The van der Waals surface area contributed by atoms with E-state index >= 15 is 0 Å². The van der Waals surface area contributed by atoms with E-state index in [2.05, 4.69) is 5.32 Å². The van der Waals surface area contributed by atoms with Crippen molar-refractivity contribution in [1.82, 2.24) is 0 Å². The van der Waals surface area contributed by atoms with Gasteiger partial charge in [0.1, 0.15) is 6.54 Å². The van der Waals surface area contributed by atoms with Crippen molar-refractivity contribution in [3.05, 3.63) is 17.7 Å². The summed E-state index contributed by atoms with van der Waals surface area (Å²) >= 11 is 0. The third-order valence-electron chi connectivity index (χ3n) is 3.16. The summed E-state index contributed by atoms with van der Waals surface area (Å²) in [5, 5.41) is 2.62. The van der Waals surface area contributed by atoms with Crippen LogP contribution in [-0.4, -0.2) is 24.7 Å². The van der Waals surface area contributed by atoms with Gasteiger partial charge in [0.05, 0.1) is 17.8 Å². The molecular formula is C13H16F3N3O. The number of carbonyl (C=O) groups excluding carboxylic acids is 1. The van der Waals surface area contributed by atoms with Gasteiger partial charge in [-0.1, -0.05) is 0 Å². The summed E-state index contributed by atoms with van der Waals surface area (Å²) in [5.74, 6) is -0.177. The van der Waals surface area contributed by atoms with Gasteiger partial charge in [0, 0.05) is 11.7 Å². The van der Waals surface area contributed by atoms with Gasteiger partial charge in [-0.2, -0.15) is 13.2 Å². The normalized spacial score (nSPS) is 14.4. The fourth-order valence-corrected chi connectivity index (χ4v) is 2.27. The molecule has 1 heterocycles. The Morgan fingerprint density at radius 2 is 2.05 bits per heavy atom. The van der Waals surface area contributed by atoms with Gasteiger partial charge in [-0.15, -0.1) is 0 Å². The number of hydrogen-bond donors (Lipinski definition) is 2. The SMILES string of the molecule is CC(C)N(CC(F)(F)F)c1cc2c(cc1N)CC(=O)N2. The minimum absolute atomic E-state index is 0.177. The molecule has 0 unspecified atom stereocenters. The van der Waals surface area contributed by atoms with Gasteiger partial charge in [0.2, 0.25) is 5.91 Å². The summed E-state index contributed by atoms with van der Waals surface area (Å²) in [7, 11) is 0. The largest absolute Gasteiger partial charge is 0.405 e. The van der Waals surface area contributed by atoms with E-state index in [1.165, 1.54) is 11.0 Å². The van der Waals surface area contributed by atoms with Crippen molar-refractivity contribution in [2.75, 3.05) is 22.5 Å². The molecule has 20 heavy (non-hydrogen) atoms. The van der Waals surface area contributed by atoms with Crippen LogP contribution >= 0.6 is 0 Å². The number of fused-ring (bicyclic) bond motifs is 1. The number of hydrogen-bond acceptors (Lipinski definition) is 3. The molecule has 0 saturated heterocycles. The quantitative estimate of drug-likeness (QED) is 0.840. The lowest BCUT2D eigenvalue weighted by Gasteiger charge is -2.31. The zero-order valence-electron chi connectivity index (χ0n) is 11.2. The van der Waals surface area contributed by atoms with E-state index in [0.29, 0.717) is 16.9 Å². The number of halogens is 3. The van der Waals surface area contributed by atoms with Crippen molar-refractivity contribution in [2.24, 2.45) is 0 Å². The van der Waals surface area contributed by atoms with Crippen molar-refractivity contribution in [3.8, 4) is 0 Å². The highest BCUT2D eigenvalue weighted by Gasteiger charge is 2.33. The van der Waals surface area contributed by atoms with Gasteiger partial charge >= 0.3 is 6.18 Å². The van der Waals surface area contributed by atoms with Crippen LogP contribution in [0.3, 0.4) is 0 Å². The maximum Gasteiger partial charge on any atom is 0.405 e. The van der Waals surface area contributed by atoms with Crippen LogP contribution in [0.5, 0.6) is 0 Å². The Hall–Kier alpha value is -1.92. The number of rotatable bonds is 3. The van der Waals surface area contributed by atoms with E-state index in [4.69, 9.17) is 5.73 Å². The molecule has 4 nitrogen and oxygen atoms in total. The standard InChI is InChI=1S/C13H16F3N3O/c1-7(2)19(6-13(14,15)16)11-5-10-8(3-9(11)17)4-12(20)18-10/h3,5,7H,4,6,17H2,1-2H3,(H,18,20). The summed E-state index contributed by atoms with van der Waals surface area (Å²) in [6.45, 7) is 2.25. The highest BCUT2D eigenvalue weighted by Crippen LogP contribution is 2.35. The van der Waals surface area contributed by atoms with E-state index in [1.54, 1.807) is 19.9 Å². The number of anilines is 3. The molecule has 0 aromatic heterocycles. The number of nitrogen functional groups attached to an aromatic ring is 1. The van der Waals surface area contributed by atoms with Crippen LogP contribution in [0.25, 0.3) is 0 Å². The smallest absolute Gasteiger partial charge is 0.397 e. The minimum Gasteiger partial charge on any atom is -0.397 e. The third-order valence-corrected chi connectivity index (χ3v) is 3.16. The summed E-state index contributed by atoms with van der Waals surface area (Å²) in [6.07, 6.45) is -4.11. The molecule has 0 atom stereocenters. The Labute approximate surface area is 114 Å². The first kappa shape index (κ1) is 14.5. The maximum atomic E-state index is 12.7. The van der Waals surface area contributed by atoms with Crippen LogP contribution in [-0.2, 0) is 11.2 Å². The zero-order valence-corrected chi connectivity index (χ0v) is 11.2. The first-order chi connectivity index (χ1) is 9.17. The fourth-order valence-electron chi connectivity index (χ4n) is 2.27. The van der Waals surface area contributed by atoms with E-state index in [1.807, 2.05) is 0 Å². The molecule has 1 aromatic rings. The van der Waals surface area contributed by atoms with Gasteiger partial charge < -0.3 is 16.0 Å². The van der Waals surface area contributed by atoms with E-state index < -0.39 is 12.7 Å². The van der Waals surface area contributed by atoms with Crippen LogP contribution < -0.4 is 16.0 Å². The molecule has 7 heteroatoms. The second-order valence-electron chi connectivity index (χ2n) is 5.13. The number of nitrogens with one attached hydrogen (secondary N) is 1. The second-order valence-corrected chi connectivity index (χ2v) is 5.13. The summed E-state index contributed by atoms with van der Waals surface area (Å²) in [5.41, 5.74) is 7.64. The number of amides is 1. The Kier molecular flexibility index (Phi) is 3.54. The molecule has 0 spiro atoms. The molecule has 0 saturated carbocycles. The van der Waals surface area contributed by atoms with Crippen LogP contribution in [0, 0.1) is 0 Å². The molecule has 110 valence electrons. The predicted octanol–water partition coefficient (Wildman–Crippen LogP) is 2.54. The van der Waals surface area contributed by atoms with Gasteiger partial charge in [-0.25, -0.2) is 0 Å².